The first-order chi connectivity index (χ1) is 9.01. The number of hydrogen-bond donors (Lipinski definition) is 5. The summed E-state index contributed by atoms with van der Waals surface area (Å²) in [6.07, 6.45) is 3.39. The molecule has 0 aromatic rings. The van der Waals surface area contributed by atoms with Crippen LogP contribution in [0, 0.1) is 0 Å². The lowest BCUT2D eigenvalue weighted by Gasteiger charge is -2.14. The van der Waals surface area contributed by atoms with Crippen LogP contribution >= 0.6 is 12.6 Å². The highest BCUT2D eigenvalue weighted by Crippen LogP contribution is 1.95. The number of ether oxygens (including phenoxy) is 1. The molecule has 110 valence electrons. The summed E-state index contributed by atoms with van der Waals surface area (Å²) in [5.41, 5.74) is 11.0. The van der Waals surface area contributed by atoms with Crippen molar-refractivity contribution in [2.24, 2.45) is 11.5 Å². The average molecular weight is 291 g/mol. The maximum Gasteiger partial charge on any atom is 0.322 e. The first-order valence-electron chi connectivity index (χ1n) is 5.85. The fraction of sp³-hybridized carbons (Fsp3) is 0.636. The van der Waals surface area contributed by atoms with E-state index in [1.54, 1.807) is 6.08 Å². The molecule has 0 spiro atoms. The SMILES string of the molecule is NCC(OCC/C=C/C(N)CS)C(=O)NCC(=O)O. The number of carbonyl (C=O) groups is 2. The second-order valence-electron chi connectivity index (χ2n) is 3.77. The lowest BCUT2D eigenvalue weighted by atomic mass is 10.3. The fourth-order valence-corrected chi connectivity index (χ4v) is 1.26. The van der Waals surface area contributed by atoms with Gasteiger partial charge in [0.2, 0.25) is 0 Å². The minimum Gasteiger partial charge on any atom is -0.480 e. The van der Waals surface area contributed by atoms with Crippen LogP contribution < -0.4 is 16.8 Å². The molecular weight excluding hydrogens is 270 g/mol. The minimum absolute atomic E-state index is 0.00861. The summed E-state index contributed by atoms with van der Waals surface area (Å²) in [5.74, 6) is -1.09. The van der Waals surface area contributed by atoms with E-state index in [1.807, 2.05) is 6.08 Å². The third-order valence-electron chi connectivity index (χ3n) is 2.12. The summed E-state index contributed by atoms with van der Waals surface area (Å²) in [6.45, 7) is -0.154. The van der Waals surface area contributed by atoms with Crippen LogP contribution in [0.15, 0.2) is 12.2 Å². The van der Waals surface area contributed by atoms with Crippen molar-refractivity contribution in [2.45, 2.75) is 18.6 Å². The van der Waals surface area contributed by atoms with Gasteiger partial charge in [-0.1, -0.05) is 12.2 Å². The number of amides is 1. The van der Waals surface area contributed by atoms with Crippen LogP contribution in [0.3, 0.4) is 0 Å². The van der Waals surface area contributed by atoms with Crippen LogP contribution in [-0.2, 0) is 14.3 Å². The van der Waals surface area contributed by atoms with Gasteiger partial charge in [-0.3, -0.25) is 9.59 Å². The summed E-state index contributed by atoms with van der Waals surface area (Å²) in [4.78, 5) is 21.8. The van der Waals surface area contributed by atoms with Gasteiger partial charge < -0.3 is 26.6 Å². The van der Waals surface area contributed by atoms with E-state index in [1.165, 1.54) is 0 Å². The van der Waals surface area contributed by atoms with Crippen LogP contribution in [0.1, 0.15) is 6.42 Å². The number of thiol groups is 1. The van der Waals surface area contributed by atoms with Crippen molar-refractivity contribution in [1.82, 2.24) is 5.32 Å². The monoisotopic (exact) mass is 291 g/mol. The predicted octanol–water partition coefficient (Wildman–Crippen LogP) is -1.27. The van der Waals surface area contributed by atoms with Gasteiger partial charge in [-0.25, -0.2) is 0 Å². The van der Waals surface area contributed by atoms with E-state index in [9.17, 15) is 9.59 Å². The normalized spacial score (nSPS) is 14.3. The number of nitrogens with one attached hydrogen (secondary N) is 1. The second-order valence-corrected chi connectivity index (χ2v) is 4.14. The molecule has 0 aliphatic heterocycles. The Balaban J connectivity index is 3.90. The Hall–Kier alpha value is -1.09. The van der Waals surface area contributed by atoms with Gasteiger partial charge in [-0.15, -0.1) is 0 Å². The Morgan fingerprint density at radius 2 is 2.16 bits per heavy atom. The van der Waals surface area contributed by atoms with Crippen molar-refractivity contribution in [3.05, 3.63) is 12.2 Å². The second kappa shape index (κ2) is 10.8. The third kappa shape index (κ3) is 9.48. The third-order valence-corrected chi connectivity index (χ3v) is 2.54. The molecule has 2 atom stereocenters. The molecule has 2 unspecified atom stereocenters. The van der Waals surface area contributed by atoms with E-state index >= 15 is 0 Å². The zero-order valence-corrected chi connectivity index (χ0v) is 11.5. The molecule has 6 N–H and O–H groups in total. The molecule has 0 aliphatic carbocycles. The number of carboxylic acids is 1. The van der Waals surface area contributed by atoms with E-state index in [0.29, 0.717) is 18.8 Å². The molecule has 0 aliphatic rings. The molecule has 0 saturated heterocycles. The standard InChI is InChI=1S/C11H21N3O4S/c12-5-9(11(17)14-6-10(15)16)18-4-2-1-3-8(13)7-19/h1,3,8-9,19H,2,4-7,12-13H2,(H,14,17)(H,15,16)/b3-1+. The van der Waals surface area contributed by atoms with Crippen molar-refractivity contribution in [3.8, 4) is 0 Å². The highest BCUT2D eigenvalue weighted by molar-refractivity contribution is 7.80. The predicted molar refractivity (Wildman–Crippen MR) is 75.0 cm³/mol. The van der Waals surface area contributed by atoms with E-state index in [4.69, 9.17) is 21.3 Å². The van der Waals surface area contributed by atoms with Gasteiger partial charge in [0, 0.05) is 18.3 Å². The summed E-state index contributed by atoms with van der Waals surface area (Å²) in [6, 6.07) is -0.104. The summed E-state index contributed by atoms with van der Waals surface area (Å²) >= 11 is 4.03. The molecule has 0 aromatic carbocycles. The molecule has 0 fully saturated rings. The van der Waals surface area contributed by atoms with Crippen LogP contribution in [0.25, 0.3) is 0 Å². The molecule has 0 saturated carbocycles. The van der Waals surface area contributed by atoms with Crippen molar-refractivity contribution in [2.75, 3.05) is 25.4 Å². The molecule has 0 aromatic heterocycles. The van der Waals surface area contributed by atoms with E-state index in [0.717, 1.165) is 0 Å². The Morgan fingerprint density at radius 3 is 2.68 bits per heavy atom. The molecule has 0 heterocycles. The van der Waals surface area contributed by atoms with Crippen LogP contribution in [0.2, 0.25) is 0 Å². The fourth-order valence-electron chi connectivity index (χ4n) is 1.14. The highest BCUT2D eigenvalue weighted by atomic mass is 32.1. The quantitative estimate of drug-likeness (QED) is 0.194. The lowest BCUT2D eigenvalue weighted by Crippen LogP contribution is -2.43. The van der Waals surface area contributed by atoms with Gasteiger partial charge in [-0.2, -0.15) is 12.6 Å². The molecule has 19 heavy (non-hydrogen) atoms. The van der Waals surface area contributed by atoms with E-state index < -0.39 is 24.5 Å². The Bertz CT molecular complexity index is 312. The van der Waals surface area contributed by atoms with Gasteiger partial charge in [0.15, 0.2) is 0 Å². The Morgan fingerprint density at radius 1 is 1.47 bits per heavy atom. The maximum absolute atomic E-state index is 11.5. The van der Waals surface area contributed by atoms with Crippen LogP contribution in [0.4, 0.5) is 0 Å². The topological polar surface area (TPSA) is 128 Å². The van der Waals surface area contributed by atoms with Gasteiger partial charge >= 0.3 is 5.97 Å². The average Bonchev–Trinajstić information content (AvgIpc) is 2.39. The smallest absolute Gasteiger partial charge is 0.322 e. The number of hydrogen-bond acceptors (Lipinski definition) is 6. The van der Waals surface area contributed by atoms with Crippen molar-refractivity contribution in [3.63, 3.8) is 0 Å². The van der Waals surface area contributed by atoms with Gasteiger partial charge in [0.05, 0.1) is 6.61 Å². The zero-order valence-electron chi connectivity index (χ0n) is 10.6. The summed E-state index contributed by atoms with van der Waals surface area (Å²) in [5, 5.41) is 10.6. The molecule has 0 bridgehead atoms. The number of aliphatic carboxylic acids is 1. The highest BCUT2D eigenvalue weighted by Gasteiger charge is 2.17. The number of nitrogens with two attached hydrogens (primary N) is 2. The molecule has 0 rings (SSSR count). The van der Waals surface area contributed by atoms with E-state index in [2.05, 4.69) is 17.9 Å². The first kappa shape index (κ1) is 17.9. The minimum atomic E-state index is -1.12. The molecular formula is C11H21N3O4S. The maximum atomic E-state index is 11.5. The summed E-state index contributed by atoms with van der Waals surface area (Å²) < 4.78 is 5.26. The Kier molecular flexibility index (Phi) is 10.2. The molecule has 0 radical (unpaired) electrons. The molecule has 7 nitrogen and oxygen atoms in total. The van der Waals surface area contributed by atoms with Gasteiger partial charge in [0.25, 0.3) is 5.91 Å². The molecule has 1 amide bonds. The number of rotatable bonds is 10. The number of carboxylic acid groups (broad SMARTS) is 1. The number of carbonyl (C=O) groups excluding carboxylic acids is 1. The van der Waals surface area contributed by atoms with Crippen molar-refractivity contribution < 1.29 is 19.4 Å². The Labute approximate surface area is 117 Å². The summed E-state index contributed by atoms with van der Waals surface area (Å²) in [7, 11) is 0. The van der Waals surface area contributed by atoms with Crippen LogP contribution in [-0.4, -0.2) is 54.6 Å². The van der Waals surface area contributed by atoms with Crippen LogP contribution in [0.5, 0.6) is 0 Å². The lowest BCUT2D eigenvalue weighted by molar-refractivity contribution is -0.140. The van der Waals surface area contributed by atoms with E-state index in [-0.39, 0.29) is 12.6 Å². The van der Waals surface area contributed by atoms with Crippen molar-refractivity contribution >= 4 is 24.5 Å². The zero-order chi connectivity index (χ0) is 14.7. The van der Waals surface area contributed by atoms with Crippen molar-refractivity contribution in [1.29, 1.82) is 0 Å². The largest absolute Gasteiger partial charge is 0.480 e. The first-order valence-corrected chi connectivity index (χ1v) is 6.48. The van der Waals surface area contributed by atoms with Gasteiger partial charge in [-0.05, 0) is 6.42 Å². The molecule has 8 heteroatoms. The van der Waals surface area contributed by atoms with Gasteiger partial charge in [0.1, 0.15) is 12.6 Å².